The number of aliphatic imine (C=N–C) groups is 1. The van der Waals surface area contributed by atoms with Crippen LogP contribution in [0.1, 0.15) is 24.8 Å². The number of nitrogens with one attached hydrogen (secondary N) is 1. The summed E-state index contributed by atoms with van der Waals surface area (Å²) in [7, 11) is 0. The molecular weight excluding hydrogens is 364 g/mol. The maximum absolute atomic E-state index is 12.3. The number of nitrogens with zero attached hydrogens (tertiary/aromatic N) is 3. The zero-order valence-corrected chi connectivity index (χ0v) is 15.4. The Bertz CT molecular complexity index is 709. The van der Waals surface area contributed by atoms with Crippen LogP contribution in [0.2, 0.25) is 0 Å². The Kier molecular flexibility index (Phi) is 5.94. The second kappa shape index (κ2) is 8.17. The van der Waals surface area contributed by atoms with Crippen LogP contribution in [0.3, 0.4) is 0 Å². The number of thiazole rings is 1. The van der Waals surface area contributed by atoms with E-state index in [4.69, 9.17) is 4.74 Å². The molecule has 0 radical (unpaired) electrons. The van der Waals surface area contributed by atoms with E-state index in [0.29, 0.717) is 43.9 Å². The molecule has 0 bridgehead atoms. The third-order valence-corrected chi connectivity index (χ3v) is 5.80. The van der Waals surface area contributed by atoms with E-state index in [2.05, 4.69) is 15.3 Å². The summed E-state index contributed by atoms with van der Waals surface area (Å²) in [6, 6.07) is 0. The van der Waals surface area contributed by atoms with Crippen molar-refractivity contribution >= 4 is 34.4 Å². The van der Waals surface area contributed by atoms with Gasteiger partial charge in [-0.05, 0) is 19.8 Å². The number of amidine groups is 1. The van der Waals surface area contributed by atoms with Gasteiger partial charge in [-0.2, -0.15) is 0 Å². The Morgan fingerprint density at radius 1 is 1.52 bits per heavy atom. The molecule has 2 N–H and O–H groups in total. The summed E-state index contributed by atoms with van der Waals surface area (Å²) < 4.78 is 27.1. The number of rotatable bonds is 5. The van der Waals surface area contributed by atoms with E-state index >= 15 is 0 Å². The van der Waals surface area contributed by atoms with Crippen molar-refractivity contribution in [2.24, 2.45) is 10.9 Å². The van der Waals surface area contributed by atoms with Crippen molar-refractivity contribution in [3.8, 4) is 0 Å². The number of allylic oxidation sites excluding steroid dienone is 1. The van der Waals surface area contributed by atoms with E-state index < -0.39 is 11.3 Å². The molecule has 3 rings (SSSR count). The normalized spacial score (nSPS) is 20.8. The minimum absolute atomic E-state index is 0.0877. The topological polar surface area (TPSA) is 104 Å². The quantitative estimate of drug-likeness (QED) is 0.583. The molecule has 8 nitrogen and oxygen atoms in total. The van der Waals surface area contributed by atoms with Gasteiger partial charge in [-0.15, -0.1) is 11.3 Å². The summed E-state index contributed by atoms with van der Waals surface area (Å²) in [5.41, 5.74) is 1.34. The highest BCUT2D eigenvalue weighted by molar-refractivity contribution is 7.76. The van der Waals surface area contributed by atoms with Crippen molar-refractivity contribution in [3.05, 3.63) is 27.9 Å². The fourth-order valence-electron chi connectivity index (χ4n) is 2.99. The number of esters is 1. The molecule has 0 aliphatic carbocycles. The van der Waals surface area contributed by atoms with Crippen molar-refractivity contribution in [1.29, 1.82) is 0 Å². The lowest BCUT2D eigenvalue weighted by Gasteiger charge is -2.33. The van der Waals surface area contributed by atoms with Gasteiger partial charge < -0.3 is 10.1 Å². The van der Waals surface area contributed by atoms with Gasteiger partial charge in [0, 0.05) is 36.3 Å². The predicted octanol–water partition coefficient (Wildman–Crippen LogP) is 1.16. The van der Waals surface area contributed by atoms with E-state index in [9.17, 15) is 13.6 Å². The summed E-state index contributed by atoms with van der Waals surface area (Å²) in [6.45, 7) is 3.33. The zero-order valence-electron chi connectivity index (χ0n) is 13.8. The largest absolute Gasteiger partial charge is 0.463 e. The molecule has 1 unspecified atom stereocenters. The smallest absolute Gasteiger partial charge is 0.337 e. The SMILES string of the molecule is CCOC(=O)C1=C(C2CCN(S(=O)O)CC2)NC(c2nccs2)=NC1. The molecule has 0 saturated carbocycles. The Balaban J connectivity index is 1.81. The van der Waals surface area contributed by atoms with Gasteiger partial charge in [-0.1, -0.05) is 0 Å². The molecule has 3 heterocycles. The van der Waals surface area contributed by atoms with Crippen LogP contribution in [0, 0.1) is 5.92 Å². The third kappa shape index (κ3) is 4.14. The van der Waals surface area contributed by atoms with Gasteiger partial charge in [-0.25, -0.2) is 18.3 Å². The predicted molar refractivity (Wildman–Crippen MR) is 95.4 cm³/mol. The molecule has 0 aromatic carbocycles. The molecule has 1 saturated heterocycles. The number of piperidine rings is 1. The number of ether oxygens (including phenoxy) is 1. The first-order valence-corrected chi connectivity index (χ1v) is 10.0. The summed E-state index contributed by atoms with van der Waals surface area (Å²) in [5, 5.41) is 5.93. The standard InChI is InChI=1S/C15H20N4O4S2/c1-2-23-15(20)11-9-17-13(14-16-5-8-24-14)18-12(11)10-3-6-19(7-4-10)25(21)22/h5,8,10H,2-4,6-7,9H2,1H3,(H,17,18)(H,21,22). The molecule has 1 aromatic rings. The average molecular weight is 384 g/mol. The van der Waals surface area contributed by atoms with Gasteiger partial charge in [0.1, 0.15) is 0 Å². The van der Waals surface area contributed by atoms with Gasteiger partial charge in [0.2, 0.25) is 11.3 Å². The van der Waals surface area contributed by atoms with E-state index in [0.717, 1.165) is 10.7 Å². The summed E-state index contributed by atoms with van der Waals surface area (Å²) in [5.74, 6) is 0.385. The van der Waals surface area contributed by atoms with Crippen LogP contribution in [-0.4, -0.2) is 56.1 Å². The number of hydrogen-bond acceptors (Lipinski definition) is 7. The molecule has 0 amide bonds. The molecule has 1 fully saturated rings. The first kappa shape index (κ1) is 18.2. The van der Waals surface area contributed by atoms with Crippen LogP contribution in [-0.2, 0) is 20.8 Å². The van der Waals surface area contributed by atoms with Gasteiger partial charge in [-0.3, -0.25) is 9.55 Å². The van der Waals surface area contributed by atoms with E-state index in [-0.39, 0.29) is 18.4 Å². The molecule has 10 heteroatoms. The molecule has 0 spiro atoms. The summed E-state index contributed by atoms with van der Waals surface area (Å²) >= 11 is -0.473. The number of carbonyl (C=O) groups is 1. The van der Waals surface area contributed by atoms with Crippen LogP contribution < -0.4 is 5.32 Å². The van der Waals surface area contributed by atoms with Crippen LogP contribution >= 0.6 is 11.3 Å². The fraction of sp³-hybridized carbons (Fsp3) is 0.533. The molecular formula is C15H20N4O4S2. The minimum Gasteiger partial charge on any atom is -0.463 e. The van der Waals surface area contributed by atoms with Gasteiger partial charge in [0.05, 0.1) is 18.7 Å². The molecule has 25 heavy (non-hydrogen) atoms. The number of aromatic nitrogens is 1. The lowest BCUT2D eigenvalue weighted by molar-refractivity contribution is -0.138. The second-order valence-corrected chi connectivity index (χ2v) is 7.55. The highest BCUT2D eigenvalue weighted by Gasteiger charge is 2.31. The van der Waals surface area contributed by atoms with E-state index in [1.807, 2.05) is 5.38 Å². The Morgan fingerprint density at radius 2 is 2.28 bits per heavy atom. The maximum atomic E-state index is 12.3. The van der Waals surface area contributed by atoms with Gasteiger partial charge in [0.15, 0.2) is 10.8 Å². The molecule has 1 atom stereocenters. The van der Waals surface area contributed by atoms with E-state index in [1.165, 1.54) is 15.6 Å². The Morgan fingerprint density at radius 3 is 2.88 bits per heavy atom. The highest BCUT2D eigenvalue weighted by Crippen LogP contribution is 2.28. The van der Waals surface area contributed by atoms with Crippen LogP contribution in [0.15, 0.2) is 27.8 Å². The molecule has 1 aromatic heterocycles. The lowest BCUT2D eigenvalue weighted by Crippen LogP contribution is -2.41. The number of carbonyl (C=O) groups excluding carboxylic acids is 1. The van der Waals surface area contributed by atoms with Crippen molar-refractivity contribution in [2.75, 3.05) is 26.2 Å². The number of hydrogen-bond donors (Lipinski definition) is 2. The summed E-state index contributed by atoms with van der Waals surface area (Å²) in [6.07, 6.45) is 3.08. The second-order valence-electron chi connectivity index (χ2n) is 5.67. The van der Waals surface area contributed by atoms with E-state index in [1.54, 1.807) is 13.1 Å². The Labute approximate surface area is 152 Å². The molecule has 136 valence electrons. The lowest BCUT2D eigenvalue weighted by atomic mass is 9.90. The third-order valence-electron chi connectivity index (χ3n) is 4.21. The van der Waals surface area contributed by atoms with Crippen LogP contribution in [0.4, 0.5) is 0 Å². The van der Waals surface area contributed by atoms with Crippen molar-refractivity contribution in [2.45, 2.75) is 19.8 Å². The first-order chi connectivity index (χ1) is 12.1. The molecule has 2 aliphatic rings. The van der Waals surface area contributed by atoms with Gasteiger partial charge >= 0.3 is 5.97 Å². The highest BCUT2D eigenvalue weighted by atomic mass is 32.2. The van der Waals surface area contributed by atoms with Crippen LogP contribution in [0.5, 0.6) is 0 Å². The maximum Gasteiger partial charge on any atom is 0.337 e. The van der Waals surface area contributed by atoms with Crippen LogP contribution in [0.25, 0.3) is 0 Å². The van der Waals surface area contributed by atoms with Crippen molar-refractivity contribution < 1.29 is 18.3 Å². The van der Waals surface area contributed by atoms with Gasteiger partial charge in [0.25, 0.3) is 0 Å². The summed E-state index contributed by atoms with van der Waals surface area (Å²) in [4.78, 5) is 21.0. The first-order valence-electron chi connectivity index (χ1n) is 8.07. The Hall–Kier alpha value is -1.62. The minimum atomic E-state index is -1.95. The zero-order chi connectivity index (χ0) is 17.8. The monoisotopic (exact) mass is 384 g/mol. The fourth-order valence-corrected chi connectivity index (χ4v) is 4.11. The molecule has 2 aliphatic heterocycles. The van der Waals surface area contributed by atoms with Crippen molar-refractivity contribution in [1.82, 2.24) is 14.6 Å². The van der Waals surface area contributed by atoms with Crippen molar-refractivity contribution in [3.63, 3.8) is 0 Å². The average Bonchev–Trinajstić information content (AvgIpc) is 3.16.